The van der Waals surface area contributed by atoms with Crippen LogP contribution in [0.2, 0.25) is 0 Å². The average molecular weight is 298 g/mol. The predicted octanol–water partition coefficient (Wildman–Crippen LogP) is 2.26. The van der Waals surface area contributed by atoms with Crippen LogP contribution in [0.3, 0.4) is 0 Å². The van der Waals surface area contributed by atoms with Crippen molar-refractivity contribution in [1.82, 2.24) is 10.3 Å². The fourth-order valence-corrected chi connectivity index (χ4v) is 2.90. The zero-order chi connectivity index (χ0) is 15.5. The number of carbonyl (C=O) groups is 1. The first-order valence-electron chi connectivity index (χ1n) is 7.86. The first-order valence-corrected chi connectivity index (χ1v) is 7.86. The van der Waals surface area contributed by atoms with Crippen LogP contribution >= 0.6 is 0 Å². The van der Waals surface area contributed by atoms with Gasteiger partial charge >= 0.3 is 0 Å². The van der Waals surface area contributed by atoms with E-state index in [1.807, 2.05) is 30.3 Å². The highest BCUT2D eigenvalue weighted by Crippen LogP contribution is 2.26. The van der Waals surface area contributed by atoms with Crippen LogP contribution in [0, 0.1) is 0 Å². The highest BCUT2D eigenvalue weighted by Gasteiger charge is 2.21. The SMILES string of the molecule is CC(N)NC(=O)c1cc2ccccc2nc1N1CCCCC1. The lowest BCUT2D eigenvalue weighted by Crippen LogP contribution is -2.40. The molecule has 1 aliphatic rings. The van der Waals surface area contributed by atoms with Crippen molar-refractivity contribution in [2.75, 3.05) is 18.0 Å². The molecule has 3 rings (SSSR count). The molecule has 2 aromatic rings. The summed E-state index contributed by atoms with van der Waals surface area (Å²) in [4.78, 5) is 19.5. The van der Waals surface area contributed by atoms with Crippen LogP contribution in [-0.4, -0.2) is 30.1 Å². The molecule has 0 aliphatic carbocycles. The van der Waals surface area contributed by atoms with Gasteiger partial charge in [-0.2, -0.15) is 0 Å². The van der Waals surface area contributed by atoms with Gasteiger partial charge in [-0.1, -0.05) is 18.2 Å². The van der Waals surface area contributed by atoms with Crippen molar-refractivity contribution in [3.05, 3.63) is 35.9 Å². The van der Waals surface area contributed by atoms with E-state index in [1.165, 1.54) is 6.42 Å². The lowest BCUT2D eigenvalue weighted by Gasteiger charge is -2.29. The highest BCUT2D eigenvalue weighted by molar-refractivity contribution is 6.02. The number of carbonyl (C=O) groups excluding carboxylic acids is 1. The fraction of sp³-hybridized carbons (Fsp3) is 0.412. The molecule has 1 fully saturated rings. The molecule has 1 unspecified atom stereocenters. The molecule has 22 heavy (non-hydrogen) atoms. The topological polar surface area (TPSA) is 71.2 Å². The van der Waals surface area contributed by atoms with Gasteiger partial charge in [-0.25, -0.2) is 4.98 Å². The monoisotopic (exact) mass is 298 g/mol. The molecule has 0 bridgehead atoms. The van der Waals surface area contributed by atoms with Crippen LogP contribution in [0.15, 0.2) is 30.3 Å². The fourth-order valence-electron chi connectivity index (χ4n) is 2.90. The third-order valence-electron chi connectivity index (χ3n) is 3.96. The summed E-state index contributed by atoms with van der Waals surface area (Å²) in [5.41, 5.74) is 7.23. The number of nitrogens with one attached hydrogen (secondary N) is 1. The molecule has 1 aliphatic heterocycles. The minimum atomic E-state index is -0.381. The third-order valence-corrected chi connectivity index (χ3v) is 3.96. The number of para-hydroxylation sites is 1. The van der Waals surface area contributed by atoms with Crippen LogP contribution in [0.25, 0.3) is 10.9 Å². The van der Waals surface area contributed by atoms with Crippen LogP contribution in [0.5, 0.6) is 0 Å². The largest absolute Gasteiger partial charge is 0.356 e. The van der Waals surface area contributed by atoms with Gasteiger partial charge in [0.2, 0.25) is 0 Å². The Morgan fingerprint density at radius 2 is 2.00 bits per heavy atom. The molecule has 0 spiro atoms. The van der Waals surface area contributed by atoms with Gasteiger partial charge in [-0.15, -0.1) is 0 Å². The highest BCUT2D eigenvalue weighted by atomic mass is 16.1. The Bertz CT molecular complexity index is 677. The number of piperidine rings is 1. The summed E-state index contributed by atoms with van der Waals surface area (Å²) in [6.07, 6.45) is 3.14. The molecular formula is C17H22N4O. The van der Waals surface area contributed by atoms with E-state index < -0.39 is 0 Å². The molecule has 5 heteroatoms. The molecular weight excluding hydrogens is 276 g/mol. The van der Waals surface area contributed by atoms with E-state index in [0.29, 0.717) is 5.56 Å². The number of benzene rings is 1. The smallest absolute Gasteiger partial charge is 0.256 e. The number of nitrogens with zero attached hydrogens (tertiary/aromatic N) is 2. The van der Waals surface area contributed by atoms with Gasteiger partial charge in [0.25, 0.3) is 5.91 Å². The van der Waals surface area contributed by atoms with Crippen LogP contribution in [0.1, 0.15) is 36.5 Å². The van der Waals surface area contributed by atoms with Gasteiger partial charge in [-0.3, -0.25) is 4.79 Å². The lowest BCUT2D eigenvalue weighted by atomic mass is 10.1. The van der Waals surface area contributed by atoms with Crippen molar-refractivity contribution >= 4 is 22.6 Å². The predicted molar refractivity (Wildman–Crippen MR) is 88.9 cm³/mol. The molecule has 116 valence electrons. The number of fused-ring (bicyclic) bond motifs is 1. The van der Waals surface area contributed by atoms with Gasteiger partial charge in [0, 0.05) is 18.5 Å². The molecule has 1 aromatic heterocycles. The molecule has 2 heterocycles. The molecule has 1 atom stereocenters. The Labute approximate surface area is 130 Å². The molecule has 1 saturated heterocycles. The molecule has 3 N–H and O–H groups in total. The van der Waals surface area contributed by atoms with Gasteiger partial charge in [0.1, 0.15) is 5.82 Å². The van der Waals surface area contributed by atoms with E-state index in [0.717, 1.165) is 42.7 Å². The van der Waals surface area contributed by atoms with E-state index in [2.05, 4.69) is 10.2 Å². The second kappa shape index (κ2) is 6.32. The first-order chi connectivity index (χ1) is 10.6. The van der Waals surface area contributed by atoms with E-state index in [1.54, 1.807) is 6.92 Å². The Balaban J connectivity index is 2.07. The van der Waals surface area contributed by atoms with Crippen molar-refractivity contribution in [1.29, 1.82) is 0 Å². The normalized spacial score (nSPS) is 16.5. The van der Waals surface area contributed by atoms with Crippen molar-refractivity contribution < 1.29 is 4.79 Å². The average Bonchev–Trinajstić information content (AvgIpc) is 2.54. The summed E-state index contributed by atoms with van der Waals surface area (Å²) in [6.45, 7) is 3.65. The van der Waals surface area contributed by atoms with Crippen LogP contribution in [-0.2, 0) is 0 Å². The standard InChI is InChI=1S/C17H22N4O/c1-12(18)19-17(22)14-11-13-7-3-4-8-15(13)20-16(14)21-9-5-2-6-10-21/h3-4,7-8,11-12H,2,5-6,9-10,18H2,1H3,(H,19,22). The van der Waals surface area contributed by atoms with Gasteiger partial charge in [0.05, 0.1) is 17.2 Å². The second-order valence-electron chi connectivity index (χ2n) is 5.86. The number of nitrogens with two attached hydrogens (primary N) is 1. The molecule has 5 nitrogen and oxygen atoms in total. The lowest BCUT2D eigenvalue weighted by molar-refractivity contribution is 0.0941. The zero-order valence-electron chi connectivity index (χ0n) is 12.9. The zero-order valence-corrected chi connectivity index (χ0v) is 12.9. The molecule has 1 aromatic carbocycles. The Morgan fingerprint density at radius 3 is 2.73 bits per heavy atom. The number of pyridine rings is 1. The van der Waals surface area contributed by atoms with Crippen molar-refractivity contribution in [3.63, 3.8) is 0 Å². The summed E-state index contributed by atoms with van der Waals surface area (Å²) < 4.78 is 0. The Kier molecular flexibility index (Phi) is 4.24. The van der Waals surface area contributed by atoms with E-state index in [4.69, 9.17) is 10.7 Å². The van der Waals surface area contributed by atoms with E-state index in [9.17, 15) is 4.79 Å². The van der Waals surface area contributed by atoms with Crippen molar-refractivity contribution in [2.45, 2.75) is 32.4 Å². The van der Waals surface area contributed by atoms with E-state index in [-0.39, 0.29) is 12.1 Å². The number of rotatable bonds is 3. The quantitative estimate of drug-likeness (QED) is 0.853. The molecule has 0 radical (unpaired) electrons. The van der Waals surface area contributed by atoms with Crippen LogP contribution < -0.4 is 16.0 Å². The maximum absolute atomic E-state index is 12.5. The maximum Gasteiger partial charge on any atom is 0.256 e. The van der Waals surface area contributed by atoms with Gasteiger partial charge in [0.15, 0.2) is 0 Å². The minimum absolute atomic E-state index is 0.158. The number of aromatic nitrogens is 1. The summed E-state index contributed by atoms with van der Waals surface area (Å²) >= 11 is 0. The molecule has 1 amide bonds. The van der Waals surface area contributed by atoms with E-state index >= 15 is 0 Å². The van der Waals surface area contributed by atoms with Crippen LogP contribution in [0.4, 0.5) is 5.82 Å². The maximum atomic E-state index is 12.5. The number of hydrogen-bond donors (Lipinski definition) is 2. The first kappa shape index (κ1) is 14.8. The van der Waals surface area contributed by atoms with Gasteiger partial charge in [-0.05, 0) is 38.3 Å². The van der Waals surface area contributed by atoms with Gasteiger partial charge < -0.3 is 16.0 Å². The Morgan fingerprint density at radius 1 is 1.27 bits per heavy atom. The third kappa shape index (κ3) is 3.04. The van der Waals surface area contributed by atoms with Crippen molar-refractivity contribution in [3.8, 4) is 0 Å². The summed E-state index contributed by atoms with van der Waals surface area (Å²) in [5.74, 6) is 0.616. The Hall–Kier alpha value is -2.14. The summed E-state index contributed by atoms with van der Waals surface area (Å²) in [7, 11) is 0. The number of hydrogen-bond acceptors (Lipinski definition) is 4. The number of amides is 1. The number of anilines is 1. The summed E-state index contributed by atoms with van der Waals surface area (Å²) in [5, 5.41) is 3.75. The minimum Gasteiger partial charge on any atom is -0.356 e. The molecule has 0 saturated carbocycles. The summed E-state index contributed by atoms with van der Waals surface area (Å²) in [6, 6.07) is 9.81. The second-order valence-corrected chi connectivity index (χ2v) is 5.86. The van der Waals surface area contributed by atoms with Crippen molar-refractivity contribution in [2.24, 2.45) is 5.73 Å².